The fraction of sp³-hybridized carbons (Fsp3) is 0.174. The van der Waals surface area contributed by atoms with Crippen LogP contribution < -0.4 is 0 Å². The Morgan fingerprint density at radius 2 is 1.35 bits per heavy atom. The van der Waals surface area contributed by atoms with E-state index in [0.29, 0.717) is 5.82 Å². The number of hydrogen-bond donors (Lipinski definition) is 1. The van der Waals surface area contributed by atoms with E-state index in [1.165, 1.54) is 0 Å². The molecule has 4 rings (SSSR count). The fourth-order valence-corrected chi connectivity index (χ4v) is 3.59. The normalized spacial score (nSPS) is 11.8. The summed E-state index contributed by atoms with van der Waals surface area (Å²) in [5, 5.41) is 12.1. The molecule has 0 spiro atoms. The summed E-state index contributed by atoms with van der Waals surface area (Å²) in [7, 11) is 0. The third-order valence-corrected chi connectivity index (χ3v) is 4.81. The molecule has 0 atom stereocenters. The van der Waals surface area contributed by atoms with Crippen LogP contribution in [-0.4, -0.2) is 14.7 Å². The molecule has 0 saturated heterocycles. The van der Waals surface area contributed by atoms with E-state index in [4.69, 9.17) is 4.98 Å². The first-order valence-corrected chi connectivity index (χ1v) is 9.04. The summed E-state index contributed by atoms with van der Waals surface area (Å²) in [5.41, 5.74) is 2.28. The van der Waals surface area contributed by atoms with Gasteiger partial charge in [0.2, 0.25) is 0 Å². The number of para-hydroxylation sites is 2. The number of aromatic nitrogens is 2. The van der Waals surface area contributed by atoms with Gasteiger partial charge in [-0.1, -0.05) is 79.7 Å². The number of imidazole rings is 1. The van der Waals surface area contributed by atoms with Gasteiger partial charge < -0.3 is 9.67 Å². The fourth-order valence-electron chi connectivity index (χ4n) is 3.59. The average molecular weight is 342 g/mol. The van der Waals surface area contributed by atoms with Gasteiger partial charge in [-0.2, -0.15) is 0 Å². The highest BCUT2D eigenvalue weighted by atomic mass is 16.3. The van der Waals surface area contributed by atoms with Crippen LogP contribution in [0, 0.1) is 0 Å². The molecule has 0 unspecified atom stereocenters. The van der Waals surface area contributed by atoms with Crippen molar-refractivity contribution in [1.82, 2.24) is 9.55 Å². The second kappa shape index (κ2) is 6.77. The summed E-state index contributed by atoms with van der Waals surface area (Å²) in [6.45, 7) is 2.94. The van der Waals surface area contributed by atoms with Crippen LogP contribution >= 0.6 is 0 Å². The van der Waals surface area contributed by atoms with Crippen LogP contribution in [0.5, 0.6) is 0 Å². The van der Waals surface area contributed by atoms with Crippen molar-refractivity contribution in [2.45, 2.75) is 25.5 Å². The molecule has 1 heterocycles. The molecule has 3 aromatic carbocycles. The van der Waals surface area contributed by atoms with E-state index in [2.05, 4.69) is 17.6 Å². The molecule has 3 nitrogen and oxygen atoms in total. The summed E-state index contributed by atoms with van der Waals surface area (Å²) >= 11 is 0. The van der Waals surface area contributed by atoms with Gasteiger partial charge in [0.1, 0.15) is 0 Å². The molecule has 0 aliphatic carbocycles. The first-order valence-electron chi connectivity index (χ1n) is 9.04. The molecule has 0 aliphatic rings. The summed E-state index contributed by atoms with van der Waals surface area (Å²) < 4.78 is 2.15. The lowest BCUT2D eigenvalue weighted by atomic mass is 9.85. The molecular weight excluding hydrogens is 320 g/mol. The molecule has 0 radical (unpaired) electrons. The standard InChI is InChI=1S/C23H22N2O/c1-2-17-25-21-16-10-9-15-20(21)24-22(25)23(26,18-11-5-3-6-12-18)19-13-7-4-8-14-19/h3-16,26H,2,17H2,1H3. The molecule has 0 amide bonds. The smallest absolute Gasteiger partial charge is 0.173 e. The average Bonchev–Trinajstić information content (AvgIpc) is 3.08. The monoisotopic (exact) mass is 342 g/mol. The van der Waals surface area contributed by atoms with E-state index >= 15 is 0 Å². The third-order valence-electron chi connectivity index (χ3n) is 4.81. The van der Waals surface area contributed by atoms with Crippen molar-refractivity contribution < 1.29 is 5.11 Å². The molecule has 0 aliphatic heterocycles. The van der Waals surface area contributed by atoms with E-state index < -0.39 is 5.60 Å². The number of aryl methyl sites for hydroxylation is 1. The Labute approximate surface area is 153 Å². The summed E-state index contributed by atoms with van der Waals surface area (Å²) in [6.07, 6.45) is 0.965. The van der Waals surface area contributed by atoms with Crippen molar-refractivity contribution >= 4 is 11.0 Å². The third kappa shape index (κ3) is 2.61. The largest absolute Gasteiger partial charge is 0.373 e. The van der Waals surface area contributed by atoms with Gasteiger partial charge in [0.05, 0.1) is 11.0 Å². The molecule has 3 heteroatoms. The minimum absolute atomic E-state index is 0.665. The SMILES string of the molecule is CCCn1c(C(O)(c2ccccc2)c2ccccc2)nc2ccccc21. The maximum Gasteiger partial charge on any atom is 0.173 e. The van der Waals surface area contributed by atoms with E-state index in [0.717, 1.165) is 35.1 Å². The van der Waals surface area contributed by atoms with Gasteiger partial charge in [0, 0.05) is 6.54 Å². The Morgan fingerprint density at radius 3 is 1.92 bits per heavy atom. The second-order valence-electron chi connectivity index (χ2n) is 6.52. The first kappa shape index (κ1) is 16.6. The first-order chi connectivity index (χ1) is 12.7. The predicted octanol–water partition coefficient (Wildman–Crippen LogP) is 4.73. The number of nitrogens with zero attached hydrogens (tertiary/aromatic N) is 2. The molecule has 130 valence electrons. The summed E-state index contributed by atoms with van der Waals surface area (Å²) in [4.78, 5) is 4.87. The van der Waals surface area contributed by atoms with Gasteiger partial charge in [-0.15, -0.1) is 0 Å². The quantitative estimate of drug-likeness (QED) is 0.569. The lowest BCUT2D eigenvalue weighted by Gasteiger charge is -2.29. The maximum atomic E-state index is 12.1. The van der Waals surface area contributed by atoms with E-state index in [1.807, 2.05) is 78.9 Å². The summed E-state index contributed by atoms with van der Waals surface area (Å²) in [6, 6.07) is 27.7. The zero-order valence-corrected chi connectivity index (χ0v) is 14.8. The molecule has 4 aromatic rings. The van der Waals surface area contributed by atoms with Crippen LogP contribution in [0.15, 0.2) is 84.9 Å². The molecule has 0 bridgehead atoms. The Balaban J connectivity index is 2.05. The van der Waals surface area contributed by atoms with Crippen LogP contribution in [0.1, 0.15) is 30.3 Å². The zero-order chi connectivity index (χ0) is 18.0. The van der Waals surface area contributed by atoms with Gasteiger partial charge in [0.25, 0.3) is 0 Å². The topological polar surface area (TPSA) is 38.0 Å². The molecular formula is C23H22N2O. The zero-order valence-electron chi connectivity index (χ0n) is 14.8. The van der Waals surface area contributed by atoms with Crippen molar-refractivity contribution in [2.75, 3.05) is 0 Å². The van der Waals surface area contributed by atoms with E-state index in [9.17, 15) is 5.11 Å². The minimum Gasteiger partial charge on any atom is -0.373 e. The molecule has 0 fully saturated rings. The number of benzene rings is 3. The van der Waals surface area contributed by atoms with Crippen molar-refractivity contribution in [2.24, 2.45) is 0 Å². The Hall–Kier alpha value is -2.91. The van der Waals surface area contributed by atoms with Gasteiger partial charge in [-0.3, -0.25) is 0 Å². The number of hydrogen-bond acceptors (Lipinski definition) is 2. The van der Waals surface area contributed by atoms with Gasteiger partial charge in [0.15, 0.2) is 11.4 Å². The highest BCUT2D eigenvalue weighted by Gasteiger charge is 2.38. The van der Waals surface area contributed by atoms with Crippen LogP contribution in [0.2, 0.25) is 0 Å². The molecule has 0 saturated carbocycles. The highest BCUT2D eigenvalue weighted by molar-refractivity contribution is 5.76. The van der Waals surface area contributed by atoms with Gasteiger partial charge in [-0.05, 0) is 29.7 Å². The highest BCUT2D eigenvalue weighted by Crippen LogP contribution is 2.37. The van der Waals surface area contributed by atoms with E-state index in [1.54, 1.807) is 0 Å². The van der Waals surface area contributed by atoms with Crippen molar-refractivity contribution in [3.63, 3.8) is 0 Å². The van der Waals surface area contributed by atoms with E-state index in [-0.39, 0.29) is 0 Å². The van der Waals surface area contributed by atoms with Crippen molar-refractivity contribution in [3.05, 3.63) is 102 Å². The Morgan fingerprint density at radius 1 is 0.808 bits per heavy atom. The lowest BCUT2D eigenvalue weighted by molar-refractivity contribution is 0.111. The van der Waals surface area contributed by atoms with Gasteiger partial charge in [-0.25, -0.2) is 4.98 Å². The predicted molar refractivity (Wildman–Crippen MR) is 105 cm³/mol. The summed E-state index contributed by atoms with van der Waals surface area (Å²) in [5.74, 6) is 0.665. The maximum absolute atomic E-state index is 12.1. The number of rotatable bonds is 5. The van der Waals surface area contributed by atoms with Crippen LogP contribution in [0.25, 0.3) is 11.0 Å². The van der Waals surface area contributed by atoms with Crippen LogP contribution in [0.4, 0.5) is 0 Å². The number of aliphatic hydroxyl groups is 1. The van der Waals surface area contributed by atoms with Crippen LogP contribution in [0.3, 0.4) is 0 Å². The molecule has 26 heavy (non-hydrogen) atoms. The van der Waals surface area contributed by atoms with Crippen molar-refractivity contribution in [1.29, 1.82) is 0 Å². The van der Waals surface area contributed by atoms with Crippen molar-refractivity contribution in [3.8, 4) is 0 Å². The Bertz CT molecular complexity index is 967. The van der Waals surface area contributed by atoms with Crippen LogP contribution in [-0.2, 0) is 12.1 Å². The minimum atomic E-state index is -1.31. The number of fused-ring (bicyclic) bond motifs is 1. The second-order valence-corrected chi connectivity index (χ2v) is 6.52. The van der Waals surface area contributed by atoms with Gasteiger partial charge >= 0.3 is 0 Å². The molecule has 1 N–H and O–H groups in total. The lowest BCUT2D eigenvalue weighted by Crippen LogP contribution is -2.32. The molecule has 1 aromatic heterocycles. The Kier molecular flexibility index (Phi) is 4.31.